The van der Waals surface area contributed by atoms with Gasteiger partial charge in [-0.15, -0.1) is 0 Å². The van der Waals surface area contributed by atoms with Crippen LogP contribution in [0.3, 0.4) is 0 Å². The Morgan fingerprint density at radius 2 is 2.22 bits per heavy atom. The summed E-state index contributed by atoms with van der Waals surface area (Å²) < 4.78 is 0. The van der Waals surface area contributed by atoms with Gasteiger partial charge in [0.2, 0.25) is 0 Å². The van der Waals surface area contributed by atoms with Crippen LogP contribution in [0.15, 0.2) is 18.3 Å². The molecule has 2 atom stereocenters. The SMILES string of the molecule is CCCNCc1ccc(N2CC(C)CC2C)nc1. The van der Waals surface area contributed by atoms with Gasteiger partial charge in [-0.1, -0.05) is 19.9 Å². The molecule has 0 amide bonds. The Morgan fingerprint density at radius 1 is 1.39 bits per heavy atom. The first-order valence-electron chi connectivity index (χ1n) is 7.13. The van der Waals surface area contributed by atoms with Crippen molar-refractivity contribution in [1.29, 1.82) is 0 Å². The van der Waals surface area contributed by atoms with E-state index >= 15 is 0 Å². The highest BCUT2D eigenvalue weighted by atomic mass is 15.2. The monoisotopic (exact) mass is 247 g/mol. The molecule has 0 saturated carbocycles. The summed E-state index contributed by atoms with van der Waals surface area (Å²) in [5.74, 6) is 1.92. The van der Waals surface area contributed by atoms with Crippen LogP contribution in [-0.2, 0) is 6.54 Å². The molecule has 0 aliphatic carbocycles. The molecule has 3 heteroatoms. The lowest BCUT2D eigenvalue weighted by atomic mass is 10.1. The molecule has 1 aromatic heterocycles. The zero-order valence-corrected chi connectivity index (χ0v) is 11.8. The minimum absolute atomic E-state index is 0.622. The van der Waals surface area contributed by atoms with Crippen LogP contribution in [0.1, 0.15) is 39.2 Å². The first kappa shape index (κ1) is 13.3. The molecular formula is C15H25N3. The highest BCUT2D eigenvalue weighted by molar-refractivity contribution is 5.41. The minimum Gasteiger partial charge on any atom is -0.354 e. The van der Waals surface area contributed by atoms with Crippen molar-refractivity contribution in [1.82, 2.24) is 10.3 Å². The molecule has 1 fully saturated rings. The number of rotatable bonds is 5. The van der Waals surface area contributed by atoms with E-state index in [0.29, 0.717) is 6.04 Å². The first-order chi connectivity index (χ1) is 8.70. The Balaban J connectivity index is 1.95. The molecular weight excluding hydrogens is 222 g/mol. The molecule has 100 valence electrons. The number of pyridine rings is 1. The summed E-state index contributed by atoms with van der Waals surface area (Å²) in [6.07, 6.45) is 4.46. The van der Waals surface area contributed by atoms with Crippen LogP contribution in [0.25, 0.3) is 0 Å². The van der Waals surface area contributed by atoms with Crippen molar-refractivity contribution < 1.29 is 0 Å². The lowest BCUT2D eigenvalue weighted by molar-refractivity contribution is 0.625. The molecule has 2 rings (SSSR count). The Morgan fingerprint density at radius 3 is 2.78 bits per heavy atom. The van der Waals surface area contributed by atoms with E-state index in [4.69, 9.17) is 0 Å². The van der Waals surface area contributed by atoms with Crippen LogP contribution in [0.2, 0.25) is 0 Å². The molecule has 1 aromatic rings. The van der Waals surface area contributed by atoms with Crippen molar-refractivity contribution in [3.05, 3.63) is 23.9 Å². The zero-order chi connectivity index (χ0) is 13.0. The minimum atomic E-state index is 0.622. The van der Waals surface area contributed by atoms with E-state index in [-0.39, 0.29) is 0 Å². The third-order valence-electron chi connectivity index (χ3n) is 3.64. The maximum Gasteiger partial charge on any atom is 0.128 e. The second-order valence-electron chi connectivity index (χ2n) is 5.54. The predicted molar refractivity (Wildman–Crippen MR) is 76.8 cm³/mol. The van der Waals surface area contributed by atoms with Crippen molar-refractivity contribution in [2.75, 3.05) is 18.0 Å². The standard InChI is InChI=1S/C15H25N3/c1-4-7-16-9-14-5-6-15(17-10-14)18-11-12(2)8-13(18)3/h5-6,10,12-13,16H,4,7-9,11H2,1-3H3. The molecule has 2 heterocycles. The van der Waals surface area contributed by atoms with E-state index < -0.39 is 0 Å². The largest absolute Gasteiger partial charge is 0.354 e. The summed E-state index contributed by atoms with van der Waals surface area (Å²) >= 11 is 0. The van der Waals surface area contributed by atoms with E-state index in [9.17, 15) is 0 Å². The number of hydrogen-bond acceptors (Lipinski definition) is 3. The summed E-state index contributed by atoms with van der Waals surface area (Å²) in [6, 6.07) is 4.98. The molecule has 0 radical (unpaired) electrons. The summed E-state index contributed by atoms with van der Waals surface area (Å²) in [4.78, 5) is 7.03. The molecule has 0 spiro atoms. The van der Waals surface area contributed by atoms with E-state index in [0.717, 1.165) is 31.4 Å². The van der Waals surface area contributed by atoms with Gasteiger partial charge in [-0.05, 0) is 43.9 Å². The first-order valence-corrected chi connectivity index (χ1v) is 7.13. The normalized spacial score (nSPS) is 23.6. The van der Waals surface area contributed by atoms with Gasteiger partial charge in [0.05, 0.1) is 0 Å². The molecule has 0 aromatic carbocycles. The fourth-order valence-electron chi connectivity index (χ4n) is 2.72. The van der Waals surface area contributed by atoms with E-state index in [1.165, 1.54) is 18.4 Å². The van der Waals surface area contributed by atoms with Crippen LogP contribution in [-0.4, -0.2) is 24.1 Å². The lowest BCUT2D eigenvalue weighted by Gasteiger charge is -2.22. The molecule has 1 aliphatic rings. The quantitative estimate of drug-likeness (QED) is 0.811. The van der Waals surface area contributed by atoms with Gasteiger partial charge in [0.15, 0.2) is 0 Å². The second kappa shape index (κ2) is 6.19. The van der Waals surface area contributed by atoms with Crippen LogP contribution >= 0.6 is 0 Å². The van der Waals surface area contributed by atoms with Gasteiger partial charge in [-0.2, -0.15) is 0 Å². The highest BCUT2D eigenvalue weighted by Gasteiger charge is 2.26. The van der Waals surface area contributed by atoms with Gasteiger partial charge in [-0.3, -0.25) is 0 Å². The zero-order valence-electron chi connectivity index (χ0n) is 11.8. The Bertz CT molecular complexity index is 361. The molecule has 1 aliphatic heterocycles. The number of anilines is 1. The fraction of sp³-hybridized carbons (Fsp3) is 0.667. The maximum atomic E-state index is 4.61. The van der Waals surface area contributed by atoms with Gasteiger partial charge in [0, 0.05) is 25.3 Å². The third kappa shape index (κ3) is 3.22. The van der Waals surface area contributed by atoms with Crippen molar-refractivity contribution in [3.63, 3.8) is 0 Å². The van der Waals surface area contributed by atoms with Crippen LogP contribution in [0.4, 0.5) is 5.82 Å². The highest BCUT2D eigenvalue weighted by Crippen LogP contribution is 2.27. The van der Waals surface area contributed by atoms with Crippen molar-refractivity contribution >= 4 is 5.82 Å². The topological polar surface area (TPSA) is 28.2 Å². The summed E-state index contributed by atoms with van der Waals surface area (Å²) in [6.45, 7) is 9.93. The summed E-state index contributed by atoms with van der Waals surface area (Å²) in [7, 11) is 0. The average Bonchev–Trinajstić information content (AvgIpc) is 2.70. The summed E-state index contributed by atoms with van der Waals surface area (Å²) in [5.41, 5.74) is 1.27. The molecule has 18 heavy (non-hydrogen) atoms. The van der Waals surface area contributed by atoms with Gasteiger partial charge in [0.25, 0.3) is 0 Å². The molecule has 1 N–H and O–H groups in total. The van der Waals surface area contributed by atoms with Crippen LogP contribution < -0.4 is 10.2 Å². The predicted octanol–water partition coefficient (Wildman–Crippen LogP) is 2.82. The Labute approximate surface area is 111 Å². The van der Waals surface area contributed by atoms with Gasteiger partial charge in [-0.25, -0.2) is 4.98 Å². The molecule has 0 bridgehead atoms. The Kier molecular flexibility index (Phi) is 4.59. The summed E-state index contributed by atoms with van der Waals surface area (Å²) in [5, 5.41) is 3.40. The van der Waals surface area contributed by atoms with Crippen molar-refractivity contribution in [2.45, 2.75) is 46.2 Å². The average molecular weight is 247 g/mol. The fourth-order valence-corrected chi connectivity index (χ4v) is 2.72. The number of hydrogen-bond donors (Lipinski definition) is 1. The van der Waals surface area contributed by atoms with Crippen molar-refractivity contribution in [3.8, 4) is 0 Å². The molecule has 3 nitrogen and oxygen atoms in total. The molecule has 2 unspecified atom stereocenters. The second-order valence-corrected chi connectivity index (χ2v) is 5.54. The van der Waals surface area contributed by atoms with Gasteiger partial charge in [0.1, 0.15) is 5.82 Å². The van der Waals surface area contributed by atoms with Gasteiger partial charge < -0.3 is 10.2 Å². The van der Waals surface area contributed by atoms with Crippen LogP contribution in [0.5, 0.6) is 0 Å². The van der Waals surface area contributed by atoms with E-state index in [1.54, 1.807) is 0 Å². The van der Waals surface area contributed by atoms with E-state index in [1.807, 2.05) is 6.20 Å². The maximum absolute atomic E-state index is 4.61. The Hall–Kier alpha value is -1.09. The third-order valence-corrected chi connectivity index (χ3v) is 3.64. The number of nitrogens with one attached hydrogen (secondary N) is 1. The molecule has 1 saturated heterocycles. The number of nitrogens with zero attached hydrogens (tertiary/aromatic N) is 2. The van der Waals surface area contributed by atoms with Crippen LogP contribution in [0, 0.1) is 5.92 Å². The van der Waals surface area contributed by atoms with E-state index in [2.05, 4.69) is 48.1 Å². The smallest absolute Gasteiger partial charge is 0.128 e. The van der Waals surface area contributed by atoms with Crippen molar-refractivity contribution in [2.24, 2.45) is 5.92 Å². The number of aromatic nitrogens is 1. The van der Waals surface area contributed by atoms with Gasteiger partial charge >= 0.3 is 0 Å². The lowest BCUT2D eigenvalue weighted by Crippen LogP contribution is -2.27.